The number of nitrogens with two attached hydrogens (primary N) is 1. The summed E-state index contributed by atoms with van der Waals surface area (Å²) >= 11 is 0. The van der Waals surface area contributed by atoms with E-state index in [0.717, 1.165) is 17.7 Å². The molecule has 0 aliphatic heterocycles. The topological polar surface area (TPSA) is 75.7 Å². The third kappa shape index (κ3) is 5.04. The minimum Gasteiger partial charge on any atom is -0.497 e. The van der Waals surface area contributed by atoms with E-state index in [2.05, 4.69) is 0 Å². The van der Waals surface area contributed by atoms with Crippen molar-refractivity contribution in [2.45, 2.75) is 37.8 Å². The molecule has 18 heavy (non-hydrogen) atoms. The van der Waals surface area contributed by atoms with Crippen LogP contribution in [0.15, 0.2) is 24.3 Å². The Balaban J connectivity index is 2.39. The fraction of sp³-hybridized carbons (Fsp3) is 0.571. The molecule has 0 bridgehead atoms. The van der Waals surface area contributed by atoms with E-state index in [4.69, 9.17) is 15.6 Å². The molecule has 1 aromatic rings. The molecule has 2 atom stereocenters. The third-order valence-corrected chi connectivity index (χ3v) is 2.99. The van der Waals surface area contributed by atoms with Crippen LogP contribution >= 0.6 is 0 Å². The van der Waals surface area contributed by atoms with Gasteiger partial charge in [-0.1, -0.05) is 12.1 Å². The minimum absolute atomic E-state index is 0.118. The maximum absolute atomic E-state index is 9.86. The molecule has 0 radical (unpaired) electrons. The van der Waals surface area contributed by atoms with Crippen molar-refractivity contribution >= 4 is 0 Å². The number of ether oxygens (including phenoxy) is 1. The molecule has 0 heterocycles. The van der Waals surface area contributed by atoms with Crippen molar-refractivity contribution in [3.63, 3.8) is 0 Å². The molecule has 0 aromatic heterocycles. The lowest BCUT2D eigenvalue weighted by molar-refractivity contribution is 0.100. The molecule has 102 valence electrons. The average Bonchev–Trinajstić information content (AvgIpc) is 2.36. The molecule has 0 aliphatic carbocycles. The molecule has 0 aliphatic rings. The maximum atomic E-state index is 9.86. The number of aryl methyl sites for hydroxylation is 1. The second-order valence-corrected chi connectivity index (χ2v) is 5.06. The lowest BCUT2D eigenvalue weighted by atomic mass is 9.93. The smallest absolute Gasteiger partial charge is 0.118 e. The summed E-state index contributed by atoms with van der Waals surface area (Å²) in [4.78, 5) is 0. The first-order chi connectivity index (χ1) is 8.46. The quantitative estimate of drug-likeness (QED) is 0.680. The van der Waals surface area contributed by atoms with E-state index in [-0.39, 0.29) is 6.61 Å². The monoisotopic (exact) mass is 253 g/mol. The first kappa shape index (κ1) is 15.0. The van der Waals surface area contributed by atoms with Gasteiger partial charge in [-0.05, 0) is 43.9 Å². The fourth-order valence-electron chi connectivity index (χ4n) is 1.83. The van der Waals surface area contributed by atoms with Gasteiger partial charge in [-0.25, -0.2) is 0 Å². The molecule has 4 nitrogen and oxygen atoms in total. The second kappa shape index (κ2) is 6.73. The Morgan fingerprint density at radius 3 is 2.44 bits per heavy atom. The summed E-state index contributed by atoms with van der Waals surface area (Å²) in [6, 6.07) is 7.78. The number of rotatable bonds is 7. The number of hydrogen-bond donors (Lipinski definition) is 3. The normalized spacial score (nSPS) is 16.1. The van der Waals surface area contributed by atoms with Crippen LogP contribution in [0.5, 0.6) is 5.75 Å². The van der Waals surface area contributed by atoms with Crippen LogP contribution in [-0.4, -0.2) is 35.6 Å². The Kier molecular flexibility index (Phi) is 5.59. The van der Waals surface area contributed by atoms with Gasteiger partial charge in [0.2, 0.25) is 0 Å². The van der Waals surface area contributed by atoms with Gasteiger partial charge in [0.25, 0.3) is 0 Å². The Morgan fingerprint density at radius 1 is 1.33 bits per heavy atom. The van der Waals surface area contributed by atoms with Gasteiger partial charge in [0.05, 0.1) is 19.8 Å². The van der Waals surface area contributed by atoms with Crippen LogP contribution in [0.3, 0.4) is 0 Å². The van der Waals surface area contributed by atoms with Gasteiger partial charge in [0.15, 0.2) is 0 Å². The molecular weight excluding hydrogens is 230 g/mol. The average molecular weight is 253 g/mol. The Morgan fingerprint density at radius 2 is 1.94 bits per heavy atom. The van der Waals surface area contributed by atoms with Crippen LogP contribution in [0.4, 0.5) is 0 Å². The van der Waals surface area contributed by atoms with Gasteiger partial charge in [0.1, 0.15) is 5.75 Å². The Bertz CT molecular complexity index is 349. The zero-order chi connectivity index (χ0) is 13.6. The standard InChI is InChI=1S/C14H23NO3/c1-14(15,10-16)9-12(17)6-3-11-4-7-13(18-2)8-5-11/h4-5,7-8,12,16-17H,3,6,9-10,15H2,1-2H3. The Labute approximate surface area is 108 Å². The van der Waals surface area contributed by atoms with Crippen molar-refractivity contribution in [2.24, 2.45) is 5.73 Å². The van der Waals surface area contributed by atoms with Crippen LogP contribution in [0.1, 0.15) is 25.3 Å². The van der Waals surface area contributed by atoms with Crippen LogP contribution in [-0.2, 0) is 6.42 Å². The van der Waals surface area contributed by atoms with Gasteiger partial charge < -0.3 is 20.7 Å². The summed E-state index contributed by atoms with van der Waals surface area (Å²) in [5.41, 5.74) is 6.24. The highest BCUT2D eigenvalue weighted by Gasteiger charge is 2.21. The molecule has 0 amide bonds. The van der Waals surface area contributed by atoms with Crippen molar-refractivity contribution in [1.82, 2.24) is 0 Å². The minimum atomic E-state index is -0.709. The zero-order valence-corrected chi connectivity index (χ0v) is 11.1. The highest BCUT2D eigenvalue weighted by atomic mass is 16.5. The van der Waals surface area contributed by atoms with Gasteiger partial charge in [-0.3, -0.25) is 0 Å². The molecule has 0 spiro atoms. The summed E-state index contributed by atoms with van der Waals surface area (Å²) in [5.74, 6) is 0.828. The molecule has 4 heteroatoms. The van der Waals surface area contributed by atoms with Gasteiger partial charge in [0, 0.05) is 5.54 Å². The summed E-state index contributed by atoms with van der Waals surface area (Å²) < 4.78 is 5.08. The molecule has 2 unspecified atom stereocenters. The number of hydrogen-bond acceptors (Lipinski definition) is 4. The summed E-state index contributed by atoms with van der Waals surface area (Å²) in [5, 5.41) is 18.9. The van der Waals surface area contributed by atoms with E-state index in [1.807, 2.05) is 24.3 Å². The van der Waals surface area contributed by atoms with E-state index >= 15 is 0 Å². The number of benzene rings is 1. The van der Waals surface area contributed by atoms with Gasteiger partial charge in [-0.15, -0.1) is 0 Å². The van der Waals surface area contributed by atoms with E-state index in [1.54, 1.807) is 14.0 Å². The number of aliphatic hydroxyl groups is 2. The molecule has 0 saturated carbocycles. The fourth-order valence-corrected chi connectivity index (χ4v) is 1.83. The number of methoxy groups -OCH3 is 1. The molecule has 1 rings (SSSR count). The largest absolute Gasteiger partial charge is 0.497 e. The highest BCUT2D eigenvalue weighted by molar-refractivity contribution is 5.27. The molecule has 1 aromatic carbocycles. The van der Waals surface area contributed by atoms with Gasteiger partial charge >= 0.3 is 0 Å². The van der Waals surface area contributed by atoms with Crippen LogP contribution in [0, 0.1) is 0 Å². The Hall–Kier alpha value is -1.10. The second-order valence-electron chi connectivity index (χ2n) is 5.06. The first-order valence-corrected chi connectivity index (χ1v) is 6.17. The van der Waals surface area contributed by atoms with Crippen molar-refractivity contribution in [2.75, 3.05) is 13.7 Å². The van der Waals surface area contributed by atoms with Crippen molar-refractivity contribution < 1.29 is 14.9 Å². The SMILES string of the molecule is COc1ccc(CCC(O)CC(C)(N)CO)cc1. The summed E-state index contributed by atoms with van der Waals surface area (Å²) in [7, 11) is 1.63. The van der Waals surface area contributed by atoms with Crippen LogP contribution in [0.2, 0.25) is 0 Å². The van der Waals surface area contributed by atoms with Gasteiger partial charge in [-0.2, -0.15) is 0 Å². The lowest BCUT2D eigenvalue weighted by Gasteiger charge is -2.24. The van der Waals surface area contributed by atoms with E-state index < -0.39 is 11.6 Å². The zero-order valence-electron chi connectivity index (χ0n) is 11.1. The molecular formula is C14H23NO3. The third-order valence-electron chi connectivity index (χ3n) is 2.99. The highest BCUT2D eigenvalue weighted by Crippen LogP contribution is 2.16. The first-order valence-electron chi connectivity index (χ1n) is 6.17. The van der Waals surface area contributed by atoms with E-state index in [9.17, 15) is 5.11 Å². The molecule has 0 saturated heterocycles. The predicted octanol–water partition coefficient (Wildman–Crippen LogP) is 1.09. The number of aliphatic hydroxyl groups excluding tert-OH is 2. The van der Waals surface area contributed by atoms with Crippen molar-refractivity contribution in [3.05, 3.63) is 29.8 Å². The van der Waals surface area contributed by atoms with Crippen LogP contribution < -0.4 is 10.5 Å². The van der Waals surface area contributed by atoms with Crippen LogP contribution in [0.25, 0.3) is 0 Å². The van der Waals surface area contributed by atoms with E-state index in [1.165, 1.54) is 0 Å². The van der Waals surface area contributed by atoms with E-state index in [0.29, 0.717) is 12.8 Å². The van der Waals surface area contributed by atoms with Crippen molar-refractivity contribution in [1.29, 1.82) is 0 Å². The summed E-state index contributed by atoms with van der Waals surface area (Å²) in [6.45, 7) is 1.62. The van der Waals surface area contributed by atoms with Crippen molar-refractivity contribution in [3.8, 4) is 5.75 Å². The summed E-state index contributed by atoms with van der Waals surface area (Å²) in [6.07, 6.45) is 1.33. The molecule has 0 fully saturated rings. The molecule has 4 N–H and O–H groups in total. The predicted molar refractivity (Wildman–Crippen MR) is 71.6 cm³/mol. The maximum Gasteiger partial charge on any atom is 0.118 e. The lowest BCUT2D eigenvalue weighted by Crippen LogP contribution is -2.43.